The van der Waals surface area contributed by atoms with E-state index in [-0.39, 0.29) is 23.8 Å². The summed E-state index contributed by atoms with van der Waals surface area (Å²) < 4.78 is 26.3. The van der Waals surface area contributed by atoms with E-state index in [0.717, 1.165) is 5.57 Å². The molecule has 0 bridgehead atoms. The van der Waals surface area contributed by atoms with Gasteiger partial charge >= 0.3 is 0 Å². The minimum Gasteiger partial charge on any atom is -0.335 e. The summed E-state index contributed by atoms with van der Waals surface area (Å²) >= 11 is 0. The van der Waals surface area contributed by atoms with Crippen LogP contribution in [0.5, 0.6) is 0 Å². The molecule has 1 amide bonds. The second kappa shape index (κ2) is 8.46. The van der Waals surface area contributed by atoms with E-state index in [1.165, 1.54) is 24.3 Å². The Bertz CT molecular complexity index is 703. The van der Waals surface area contributed by atoms with Crippen molar-refractivity contribution in [2.24, 2.45) is 0 Å². The van der Waals surface area contributed by atoms with Gasteiger partial charge in [-0.1, -0.05) is 12.2 Å². The van der Waals surface area contributed by atoms with Crippen molar-refractivity contribution in [2.75, 3.05) is 19.6 Å². The van der Waals surface area contributed by atoms with Crippen LogP contribution < -0.4 is 4.72 Å². The Morgan fingerprint density at radius 3 is 2.43 bits per heavy atom. The van der Waals surface area contributed by atoms with E-state index in [2.05, 4.69) is 11.3 Å². The fraction of sp³-hybridized carbons (Fsp3) is 0.375. The molecule has 6 nitrogen and oxygen atoms in total. The monoisotopic (exact) mass is 335 g/mol. The molecule has 124 valence electrons. The van der Waals surface area contributed by atoms with Crippen molar-refractivity contribution < 1.29 is 13.2 Å². The highest BCUT2D eigenvalue weighted by Gasteiger charge is 2.17. The number of hydrogen-bond acceptors (Lipinski definition) is 4. The van der Waals surface area contributed by atoms with Crippen LogP contribution in [0, 0.1) is 11.3 Å². The van der Waals surface area contributed by atoms with Crippen molar-refractivity contribution in [3.8, 4) is 6.07 Å². The summed E-state index contributed by atoms with van der Waals surface area (Å²) in [6.07, 6.45) is 0.0994. The number of carbonyl (C=O) groups is 1. The zero-order valence-electron chi connectivity index (χ0n) is 13.4. The minimum absolute atomic E-state index is 0.0573. The third-order valence-corrected chi connectivity index (χ3v) is 4.55. The average Bonchev–Trinajstić information content (AvgIpc) is 2.52. The van der Waals surface area contributed by atoms with Gasteiger partial charge in [0.1, 0.15) is 0 Å². The molecule has 0 heterocycles. The molecule has 1 N–H and O–H groups in total. The number of likely N-dealkylation sites (N-methyl/N-ethyl adjacent to an activating group) is 1. The predicted octanol–water partition coefficient (Wildman–Crippen LogP) is 1.92. The lowest BCUT2D eigenvalue weighted by atomic mass is 10.2. The summed E-state index contributed by atoms with van der Waals surface area (Å²) in [7, 11) is -3.66. The normalized spacial score (nSPS) is 10.8. The van der Waals surface area contributed by atoms with Crippen LogP contribution in [0.3, 0.4) is 0 Å². The van der Waals surface area contributed by atoms with Crippen molar-refractivity contribution in [2.45, 2.75) is 25.2 Å². The van der Waals surface area contributed by atoms with Crippen molar-refractivity contribution in [1.29, 1.82) is 5.26 Å². The molecule has 0 saturated carbocycles. The van der Waals surface area contributed by atoms with Crippen LogP contribution >= 0.6 is 0 Å². The quantitative estimate of drug-likeness (QED) is 0.580. The molecule has 1 aromatic carbocycles. The first-order chi connectivity index (χ1) is 10.8. The van der Waals surface area contributed by atoms with Gasteiger partial charge in [0.05, 0.1) is 11.0 Å². The maximum atomic E-state index is 12.4. The second-order valence-electron chi connectivity index (χ2n) is 5.11. The molecule has 0 aliphatic rings. The Morgan fingerprint density at radius 2 is 1.96 bits per heavy atom. The Morgan fingerprint density at radius 1 is 1.35 bits per heavy atom. The molecule has 0 fully saturated rings. The van der Waals surface area contributed by atoms with E-state index < -0.39 is 10.0 Å². The Kier molecular flexibility index (Phi) is 6.94. The molecule has 0 atom stereocenters. The Hall–Kier alpha value is -2.17. The van der Waals surface area contributed by atoms with Crippen LogP contribution in [0.15, 0.2) is 41.3 Å². The van der Waals surface area contributed by atoms with Crippen molar-refractivity contribution in [1.82, 2.24) is 9.62 Å². The fourth-order valence-electron chi connectivity index (χ4n) is 1.94. The van der Waals surface area contributed by atoms with E-state index in [0.29, 0.717) is 18.7 Å². The Balaban J connectivity index is 2.89. The van der Waals surface area contributed by atoms with Crippen molar-refractivity contribution >= 4 is 15.9 Å². The first-order valence-electron chi connectivity index (χ1n) is 7.22. The van der Waals surface area contributed by atoms with Gasteiger partial charge in [-0.2, -0.15) is 5.26 Å². The van der Waals surface area contributed by atoms with Crippen molar-refractivity contribution in [3.63, 3.8) is 0 Å². The largest absolute Gasteiger partial charge is 0.335 e. The van der Waals surface area contributed by atoms with E-state index in [4.69, 9.17) is 5.26 Å². The molecule has 0 radical (unpaired) electrons. The number of sulfonamides is 1. The number of nitrogens with zero attached hydrogens (tertiary/aromatic N) is 2. The minimum atomic E-state index is -3.66. The van der Waals surface area contributed by atoms with Gasteiger partial charge in [-0.05, 0) is 38.1 Å². The molecule has 0 spiro atoms. The highest BCUT2D eigenvalue weighted by Crippen LogP contribution is 2.13. The summed E-state index contributed by atoms with van der Waals surface area (Å²) in [4.78, 5) is 14.1. The topological polar surface area (TPSA) is 90.3 Å². The summed E-state index contributed by atoms with van der Waals surface area (Å²) in [5.41, 5.74) is 1.30. The Labute approximate surface area is 137 Å². The van der Waals surface area contributed by atoms with Crippen molar-refractivity contribution in [3.05, 3.63) is 42.0 Å². The highest BCUT2D eigenvalue weighted by atomic mass is 32.2. The SMILES string of the molecule is C=C(C)CN(CC)C(=O)c1ccc(S(=O)(=O)NCCC#N)cc1. The summed E-state index contributed by atoms with van der Waals surface area (Å²) in [5, 5.41) is 8.44. The third-order valence-electron chi connectivity index (χ3n) is 3.07. The lowest BCUT2D eigenvalue weighted by Crippen LogP contribution is -2.32. The number of benzene rings is 1. The van der Waals surface area contributed by atoms with E-state index in [9.17, 15) is 13.2 Å². The summed E-state index contributed by atoms with van der Waals surface area (Å²) in [5.74, 6) is -0.170. The van der Waals surface area contributed by atoms with E-state index >= 15 is 0 Å². The van der Waals surface area contributed by atoms with Gasteiger partial charge in [-0.15, -0.1) is 0 Å². The molecular weight excluding hydrogens is 314 g/mol. The number of rotatable bonds is 8. The summed E-state index contributed by atoms with van der Waals surface area (Å²) in [6.45, 7) is 8.58. The second-order valence-corrected chi connectivity index (χ2v) is 6.87. The first-order valence-corrected chi connectivity index (χ1v) is 8.70. The summed E-state index contributed by atoms with van der Waals surface area (Å²) in [6, 6.07) is 7.61. The molecule has 0 aromatic heterocycles. The molecule has 7 heteroatoms. The molecule has 0 saturated heterocycles. The zero-order chi connectivity index (χ0) is 17.5. The molecule has 1 rings (SSSR count). The van der Waals surface area contributed by atoms with Crippen LogP contribution in [-0.2, 0) is 10.0 Å². The number of hydrogen-bond donors (Lipinski definition) is 1. The van der Waals surface area contributed by atoms with Gasteiger partial charge in [0.25, 0.3) is 5.91 Å². The number of nitrogens with one attached hydrogen (secondary N) is 1. The van der Waals surface area contributed by atoms with E-state index in [1.54, 1.807) is 4.90 Å². The number of amides is 1. The van der Waals surface area contributed by atoms with Gasteiger partial charge < -0.3 is 4.90 Å². The highest BCUT2D eigenvalue weighted by molar-refractivity contribution is 7.89. The average molecular weight is 335 g/mol. The van der Waals surface area contributed by atoms with Crippen LogP contribution in [0.2, 0.25) is 0 Å². The predicted molar refractivity (Wildman–Crippen MR) is 88.3 cm³/mol. The lowest BCUT2D eigenvalue weighted by molar-refractivity contribution is 0.0778. The van der Waals surface area contributed by atoms with Crippen LogP contribution in [0.4, 0.5) is 0 Å². The zero-order valence-corrected chi connectivity index (χ0v) is 14.2. The van der Waals surface area contributed by atoms with E-state index in [1.807, 2.05) is 19.9 Å². The van der Waals surface area contributed by atoms with Gasteiger partial charge in [0.15, 0.2) is 0 Å². The standard InChI is InChI=1S/C16H21N3O3S/c1-4-19(12-13(2)3)16(20)14-6-8-15(9-7-14)23(21,22)18-11-5-10-17/h6-9,18H,2,4-5,11-12H2,1,3H3. The van der Waals surface area contributed by atoms with Crippen LogP contribution in [0.25, 0.3) is 0 Å². The third kappa shape index (κ3) is 5.51. The number of nitriles is 1. The smallest absolute Gasteiger partial charge is 0.254 e. The maximum Gasteiger partial charge on any atom is 0.254 e. The fourth-order valence-corrected chi connectivity index (χ4v) is 2.97. The molecule has 0 unspecified atom stereocenters. The number of carbonyl (C=O) groups excluding carboxylic acids is 1. The van der Waals surface area contributed by atoms with Gasteiger partial charge in [-0.25, -0.2) is 13.1 Å². The first kappa shape index (κ1) is 18.9. The van der Waals surface area contributed by atoms with Gasteiger partial charge in [-0.3, -0.25) is 4.79 Å². The molecule has 0 aliphatic heterocycles. The molecule has 0 aliphatic carbocycles. The van der Waals surface area contributed by atoms with Gasteiger partial charge in [0, 0.05) is 31.6 Å². The van der Waals surface area contributed by atoms with Crippen LogP contribution in [0.1, 0.15) is 30.6 Å². The van der Waals surface area contributed by atoms with Gasteiger partial charge in [0.2, 0.25) is 10.0 Å². The lowest BCUT2D eigenvalue weighted by Gasteiger charge is -2.21. The van der Waals surface area contributed by atoms with Crippen LogP contribution in [-0.4, -0.2) is 38.9 Å². The molecule has 1 aromatic rings. The molecule has 23 heavy (non-hydrogen) atoms. The maximum absolute atomic E-state index is 12.4. The molecular formula is C16H21N3O3S.